The standard InChI is InChI=1S/C17H26N2O2/c1-12(2)19-7-8-20-15(10-19)11-21-14-4-5-16-13(9-14)3-6-17(16)18/h4-5,9,12,15,17H,3,6-8,10-11,18H2,1-2H3. The van der Waals surface area contributed by atoms with Crippen LogP contribution in [0.4, 0.5) is 0 Å². The van der Waals surface area contributed by atoms with Crippen molar-refractivity contribution in [1.82, 2.24) is 4.90 Å². The largest absolute Gasteiger partial charge is 0.491 e. The van der Waals surface area contributed by atoms with E-state index in [2.05, 4.69) is 30.9 Å². The van der Waals surface area contributed by atoms with Crippen molar-refractivity contribution in [2.45, 2.75) is 44.9 Å². The molecule has 0 amide bonds. The lowest BCUT2D eigenvalue weighted by Gasteiger charge is -2.35. The molecule has 0 spiro atoms. The maximum atomic E-state index is 6.06. The van der Waals surface area contributed by atoms with Crippen molar-refractivity contribution >= 4 is 0 Å². The quantitative estimate of drug-likeness (QED) is 0.923. The Balaban J connectivity index is 1.56. The van der Waals surface area contributed by atoms with Crippen LogP contribution in [0.2, 0.25) is 0 Å². The van der Waals surface area contributed by atoms with E-state index in [1.165, 1.54) is 11.1 Å². The van der Waals surface area contributed by atoms with Crippen LogP contribution < -0.4 is 10.5 Å². The molecule has 1 saturated heterocycles. The van der Waals surface area contributed by atoms with Crippen LogP contribution in [0.15, 0.2) is 18.2 Å². The predicted octanol–water partition coefficient (Wildman–Crippen LogP) is 2.12. The first-order valence-electron chi connectivity index (χ1n) is 8.00. The number of aryl methyl sites for hydroxylation is 1. The highest BCUT2D eigenvalue weighted by atomic mass is 16.5. The zero-order valence-electron chi connectivity index (χ0n) is 13.0. The van der Waals surface area contributed by atoms with Gasteiger partial charge in [0.05, 0.1) is 6.61 Å². The molecule has 21 heavy (non-hydrogen) atoms. The van der Waals surface area contributed by atoms with Gasteiger partial charge >= 0.3 is 0 Å². The van der Waals surface area contributed by atoms with Crippen LogP contribution in [0.1, 0.15) is 37.4 Å². The molecule has 2 unspecified atom stereocenters. The van der Waals surface area contributed by atoms with Crippen molar-refractivity contribution < 1.29 is 9.47 Å². The molecule has 1 aliphatic heterocycles. The molecule has 1 heterocycles. The van der Waals surface area contributed by atoms with Crippen molar-refractivity contribution in [3.05, 3.63) is 29.3 Å². The summed E-state index contributed by atoms with van der Waals surface area (Å²) in [5, 5.41) is 0. The molecule has 2 atom stereocenters. The Bertz CT molecular complexity index is 490. The van der Waals surface area contributed by atoms with Crippen molar-refractivity contribution in [2.75, 3.05) is 26.3 Å². The molecule has 0 aromatic heterocycles. The first kappa shape index (κ1) is 14.8. The number of fused-ring (bicyclic) bond motifs is 1. The van der Waals surface area contributed by atoms with Crippen molar-refractivity contribution in [1.29, 1.82) is 0 Å². The van der Waals surface area contributed by atoms with Gasteiger partial charge in [-0.1, -0.05) is 6.07 Å². The SMILES string of the molecule is CC(C)N1CCOC(COc2ccc3c(c2)CCC3N)C1. The number of hydrogen-bond donors (Lipinski definition) is 1. The lowest BCUT2D eigenvalue weighted by molar-refractivity contribution is -0.0564. The highest BCUT2D eigenvalue weighted by Gasteiger charge is 2.23. The number of nitrogens with zero attached hydrogens (tertiary/aromatic N) is 1. The molecule has 2 aliphatic rings. The summed E-state index contributed by atoms with van der Waals surface area (Å²) in [6.07, 6.45) is 2.28. The second-order valence-corrected chi connectivity index (χ2v) is 6.40. The molecular formula is C17H26N2O2. The number of ether oxygens (including phenoxy) is 2. The summed E-state index contributed by atoms with van der Waals surface area (Å²) in [6, 6.07) is 7.07. The molecule has 4 nitrogen and oxygen atoms in total. The lowest BCUT2D eigenvalue weighted by Crippen LogP contribution is -2.47. The van der Waals surface area contributed by atoms with E-state index < -0.39 is 0 Å². The zero-order chi connectivity index (χ0) is 14.8. The Morgan fingerprint density at radius 3 is 3.10 bits per heavy atom. The second kappa shape index (κ2) is 6.34. The van der Waals surface area contributed by atoms with Gasteiger partial charge in [0.25, 0.3) is 0 Å². The van der Waals surface area contributed by atoms with Crippen LogP contribution in [-0.4, -0.2) is 43.3 Å². The fraction of sp³-hybridized carbons (Fsp3) is 0.647. The number of benzene rings is 1. The normalized spacial score (nSPS) is 26.1. The molecule has 0 radical (unpaired) electrons. The Labute approximate surface area is 127 Å². The van der Waals surface area contributed by atoms with Gasteiger partial charge in [-0.15, -0.1) is 0 Å². The molecule has 1 aliphatic carbocycles. The number of morpholine rings is 1. The summed E-state index contributed by atoms with van der Waals surface area (Å²) in [6.45, 7) is 7.84. The number of nitrogens with two attached hydrogens (primary N) is 1. The molecule has 116 valence electrons. The summed E-state index contributed by atoms with van der Waals surface area (Å²) in [5.41, 5.74) is 8.69. The van der Waals surface area contributed by atoms with Crippen LogP contribution in [0.5, 0.6) is 5.75 Å². The van der Waals surface area contributed by atoms with Crippen LogP contribution in [0.3, 0.4) is 0 Å². The van der Waals surface area contributed by atoms with E-state index in [9.17, 15) is 0 Å². The minimum atomic E-state index is 0.164. The fourth-order valence-corrected chi connectivity index (χ4v) is 3.22. The monoisotopic (exact) mass is 290 g/mol. The predicted molar refractivity (Wildman–Crippen MR) is 83.6 cm³/mol. The Hall–Kier alpha value is -1.10. The highest BCUT2D eigenvalue weighted by molar-refractivity contribution is 5.40. The molecule has 1 aromatic carbocycles. The van der Waals surface area contributed by atoms with E-state index in [0.29, 0.717) is 12.6 Å². The van der Waals surface area contributed by atoms with Gasteiger partial charge in [-0.05, 0) is 49.9 Å². The van der Waals surface area contributed by atoms with Crippen molar-refractivity contribution in [2.24, 2.45) is 5.73 Å². The second-order valence-electron chi connectivity index (χ2n) is 6.40. The highest BCUT2D eigenvalue weighted by Crippen LogP contribution is 2.31. The van der Waals surface area contributed by atoms with Crippen LogP contribution in [0, 0.1) is 0 Å². The number of rotatable bonds is 4. The van der Waals surface area contributed by atoms with Gasteiger partial charge in [0.2, 0.25) is 0 Å². The molecular weight excluding hydrogens is 264 g/mol. The molecule has 4 heteroatoms. The molecule has 2 N–H and O–H groups in total. The minimum absolute atomic E-state index is 0.164. The van der Waals surface area contributed by atoms with E-state index in [1.807, 2.05) is 6.07 Å². The van der Waals surface area contributed by atoms with Crippen LogP contribution in [0.25, 0.3) is 0 Å². The van der Waals surface area contributed by atoms with Gasteiger partial charge in [-0.3, -0.25) is 4.90 Å². The van der Waals surface area contributed by atoms with Gasteiger partial charge in [-0.2, -0.15) is 0 Å². The summed E-state index contributed by atoms with van der Waals surface area (Å²) < 4.78 is 11.7. The average molecular weight is 290 g/mol. The Morgan fingerprint density at radius 1 is 1.43 bits per heavy atom. The smallest absolute Gasteiger partial charge is 0.119 e. The van der Waals surface area contributed by atoms with Gasteiger partial charge in [0.1, 0.15) is 18.5 Å². The molecule has 0 bridgehead atoms. The molecule has 3 rings (SSSR count). The first-order chi connectivity index (χ1) is 10.1. The van der Waals surface area contributed by atoms with E-state index in [4.69, 9.17) is 15.2 Å². The minimum Gasteiger partial charge on any atom is -0.491 e. The Morgan fingerprint density at radius 2 is 2.29 bits per heavy atom. The first-order valence-corrected chi connectivity index (χ1v) is 8.00. The molecule has 1 aromatic rings. The van der Waals surface area contributed by atoms with E-state index in [0.717, 1.165) is 38.3 Å². The molecule has 1 fully saturated rings. The maximum absolute atomic E-state index is 6.06. The van der Waals surface area contributed by atoms with E-state index in [-0.39, 0.29) is 12.1 Å². The Kier molecular flexibility index (Phi) is 4.48. The number of hydrogen-bond acceptors (Lipinski definition) is 4. The third-order valence-electron chi connectivity index (χ3n) is 4.57. The third-order valence-corrected chi connectivity index (χ3v) is 4.57. The fourth-order valence-electron chi connectivity index (χ4n) is 3.22. The summed E-state index contributed by atoms with van der Waals surface area (Å²) >= 11 is 0. The lowest BCUT2D eigenvalue weighted by atomic mass is 10.1. The van der Waals surface area contributed by atoms with Crippen molar-refractivity contribution in [3.8, 4) is 5.75 Å². The van der Waals surface area contributed by atoms with E-state index >= 15 is 0 Å². The average Bonchev–Trinajstić information content (AvgIpc) is 2.86. The maximum Gasteiger partial charge on any atom is 0.119 e. The van der Waals surface area contributed by atoms with E-state index in [1.54, 1.807) is 0 Å². The van der Waals surface area contributed by atoms with Crippen LogP contribution in [-0.2, 0) is 11.2 Å². The zero-order valence-corrected chi connectivity index (χ0v) is 13.0. The summed E-state index contributed by atoms with van der Waals surface area (Å²) in [4.78, 5) is 2.44. The van der Waals surface area contributed by atoms with Gasteiger partial charge < -0.3 is 15.2 Å². The summed E-state index contributed by atoms with van der Waals surface area (Å²) in [7, 11) is 0. The van der Waals surface area contributed by atoms with Gasteiger partial charge in [-0.25, -0.2) is 0 Å². The third kappa shape index (κ3) is 3.39. The molecule has 0 saturated carbocycles. The van der Waals surface area contributed by atoms with Gasteiger partial charge in [0.15, 0.2) is 0 Å². The van der Waals surface area contributed by atoms with Crippen LogP contribution >= 0.6 is 0 Å². The van der Waals surface area contributed by atoms with Crippen molar-refractivity contribution in [3.63, 3.8) is 0 Å². The van der Waals surface area contributed by atoms with Gasteiger partial charge in [0, 0.05) is 25.2 Å². The summed E-state index contributed by atoms with van der Waals surface area (Å²) in [5.74, 6) is 0.938. The topological polar surface area (TPSA) is 47.7 Å².